The Kier molecular flexibility index (Phi) is 7.78. The van der Waals surface area contributed by atoms with Crippen molar-refractivity contribution < 1.29 is 29.0 Å². The molecule has 0 spiro atoms. The van der Waals surface area contributed by atoms with E-state index in [1.54, 1.807) is 48.5 Å². The number of nitrogens with zero attached hydrogens (tertiary/aromatic N) is 1. The van der Waals surface area contributed by atoms with E-state index in [1.807, 2.05) is 45.2 Å². The number of ether oxygens (including phenoxy) is 2. The number of Topliss-reactive ketones (excluding diaryl/α,β-unsaturated/α-hetero) is 1. The maximum Gasteiger partial charge on any atom is 0.338 e. The molecular formula is C29H29NO6S. The number of aliphatic hydroxyl groups is 1. The van der Waals surface area contributed by atoms with Gasteiger partial charge in [-0.05, 0) is 67.6 Å². The van der Waals surface area contributed by atoms with Crippen LogP contribution in [0.4, 0.5) is 5.69 Å². The summed E-state index contributed by atoms with van der Waals surface area (Å²) < 4.78 is 11.0. The first-order chi connectivity index (χ1) is 17.7. The van der Waals surface area contributed by atoms with E-state index >= 15 is 0 Å². The van der Waals surface area contributed by atoms with E-state index in [2.05, 4.69) is 0 Å². The standard InChI is InChI=1S/C29H29NO6S/c1-17(2)16-35-29(34)19-10-12-21(13-11-19)30-25(23-9-6-14-37-23)24(27(32)28(30)33)26(31)20-7-5-8-22(15-20)36-18(3)4/h5-15,17-18,25,31H,16H2,1-4H3/b26-24-. The molecule has 2 aromatic carbocycles. The third-order valence-electron chi connectivity index (χ3n) is 5.67. The maximum absolute atomic E-state index is 13.3. The van der Waals surface area contributed by atoms with Gasteiger partial charge in [0.05, 0.1) is 23.8 Å². The molecule has 2 heterocycles. The lowest BCUT2D eigenvalue weighted by atomic mass is 9.99. The van der Waals surface area contributed by atoms with E-state index in [9.17, 15) is 19.5 Å². The predicted octanol–water partition coefficient (Wildman–Crippen LogP) is 5.97. The van der Waals surface area contributed by atoms with Gasteiger partial charge in [-0.2, -0.15) is 0 Å². The van der Waals surface area contributed by atoms with Crippen LogP contribution in [0, 0.1) is 5.92 Å². The molecule has 0 bridgehead atoms. The number of benzene rings is 2. The minimum absolute atomic E-state index is 0.00503. The van der Waals surface area contributed by atoms with Crippen LogP contribution in [0.25, 0.3) is 5.76 Å². The molecule has 1 unspecified atom stereocenters. The number of anilines is 1. The topological polar surface area (TPSA) is 93.1 Å². The van der Waals surface area contributed by atoms with E-state index < -0.39 is 23.7 Å². The van der Waals surface area contributed by atoms with E-state index in [0.717, 1.165) is 4.88 Å². The zero-order valence-corrected chi connectivity index (χ0v) is 22.0. The molecule has 1 N–H and O–H groups in total. The quantitative estimate of drug-likeness (QED) is 0.170. The first kappa shape index (κ1) is 26.2. The van der Waals surface area contributed by atoms with Crippen molar-refractivity contribution in [3.05, 3.63) is 87.6 Å². The normalized spacial score (nSPS) is 17.0. The summed E-state index contributed by atoms with van der Waals surface area (Å²) in [6, 6.07) is 16.0. The fraction of sp³-hybridized carbons (Fsp3) is 0.276. The number of aliphatic hydroxyl groups excluding tert-OH is 1. The lowest BCUT2D eigenvalue weighted by Gasteiger charge is -2.24. The summed E-state index contributed by atoms with van der Waals surface area (Å²) in [5, 5.41) is 13.1. The Labute approximate surface area is 220 Å². The predicted molar refractivity (Wildman–Crippen MR) is 143 cm³/mol. The average Bonchev–Trinajstić information content (AvgIpc) is 3.49. The summed E-state index contributed by atoms with van der Waals surface area (Å²) in [7, 11) is 0. The highest BCUT2D eigenvalue weighted by molar-refractivity contribution is 7.10. The highest BCUT2D eigenvalue weighted by Gasteiger charge is 2.47. The lowest BCUT2D eigenvalue weighted by molar-refractivity contribution is -0.132. The van der Waals surface area contributed by atoms with E-state index in [-0.39, 0.29) is 23.4 Å². The van der Waals surface area contributed by atoms with Crippen molar-refractivity contribution in [1.82, 2.24) is 0 Å². The van der Waals surface area contributed by atoms with Crippen LogP contribution in [0.2, 0.25) is 0 Å². The second kappa shape index (κ2) is 11.0. The first-order valence-electron chi connectivity index (χ1n) is 12.1. The molecule has 1 amide bonds. The number of hydrogen-bond donors (Lipinski definition) is 1. The summed E-state index contributed by atoms with van der Waals surface area (Å²) in [6.45, 7) is 7.99. The van der Waals surface area contributed by atoms with Crippen LogP contribution in [0.15, 0.2) is 71.6 Å². The number of ketones is 1. The van der Waals surface area contributed by atoms with Gasteiger partial charge in [0.25, 0.3) is 11.7 Å². The number of carbonyl (C=O) groups is 3. The van der Waals surface area contributed by atoms with Crippen LogP contribution >= 0.6 is 11.3 Å². The maximum atomic E-state index is 13.3. The van der Waals surface area contributed by atoms with E-state index in [1.165, 1.54) is 16.2 Å². The SMILES string of the molecule is CC(C)COC(=O)c1ccc(N2C(=O)C(=O)/C(=C(\O)c3cccc(OC(C)C)c3)C2c2cccs2)cc1. The molecule has 8 heteroatoms. The molecule has 1 aliphatic heterocycles. The van der Waals surface area contributed by atoms with Gasteiger partial charge in [-0.1, -0.05) is 32.0 Å². The molecule has 0 saturated carbocycles. The van der Waals surface area contributed by atoms with Gasteiger partial charge in [0, 0.05) is 16.1 Å². The van der Waals surface area contributed by atoms with Crippen molar-refractivity contribution >= 4 is 40.4 Å². The average molecular weight is 520 g/mol. The molecule has 192 valence electrons. The largest absolute Gasteiger partial charge is 0.507 e. The van der Waals surface area contributed by atoms with Crippen LogP contribution in [0.1, 0.15) is 54.5 Å². The second-order valence-electron chi connectivity index (χ2n) is 9.42. The molecule has 1 fully saturated rings. The lowest BCUT2D eigenvalue weighted by Crippen LogP contribution is -2.29. The van der Waals surface area contributed by atoms with E-state index in [0.29, 0.717) is 29.2 Å². The molecule has 4 rings (SSSR count). The molecule has 0 radical (unpaired) electrons. The summed E-state index contributed by atoms with van der Waals surface area (Å²) in [5.41, 5.74) is 1.14. The molecular weight excluding hydrogens is 490 g/mol. The second-order valence-corrected chi connectivity index (χ2v) is 10.4. The van der Waals surface area contributed by atoms with Gasteiger partial charge >= 0.3 is 5.97 Å². The van der Waals surface area contributed by atoms with Crippen molar-refractivity contribution in [1.29, 1.82) is 0 Å². The highest BCUT2D eigenvalue weighted by atomic mass is 32.1. The first-order valence-corrected chi connectivity index (χ1v) is 12.9. The van der Waals surface area contributed by atoms with Gasteiger partial charge in [-0.3, -0.25) is 14.5 Å². The Morgan fingerprint density at radius 3 is 2.35 bits per heavy atom. The third-order valence-corrected chi connectivity index (χ3v) is 6.59. The Hall–Kier alpha value is -3.91. The Bertz CT molecular complexity index is 1320. The smallest absolute Gasteiger partial charge is 0.338 e. The Morgan fingerprint density at radius 1 is 1.00 bits per heavy atom. The molecule has 37 heavy (non-hydrogen) atoms. The molecule has 1 atom stereocenters. The molecule has 1 aliphatic rings. The van der Waals surface area contributed by atoms with Gasteiger partial charge in [-0.25, -0.2) is 4.79 Å². The van der Waals surface area contributed by atoms with Crippen molar-refractivity contribution in [2.75, 3.05) is 11.5 Å². The van der Waals surface area contributed by atoms with Crippen molar-refractivity contribution in [2.45, 2.75) is 39.8 Å². The molecule has 1 saturated heterocycles. The van der Waals surface area contributed by atoms with Gasteiger partial charge in [-0.15, -0.1) is 11.3 Å². The van der Waals surface area contributed by atoms with Crippen molar-refractivity contribution in [3.8, 4) is 5.75 Å². The fourth-order valence-corrected chi connectivity index (χ4v) is 4.87. The van der Waals surface area contributed by atoms with E-state index in [4.69, 9.17) is 9.47 Å². The van der Waals surface area contributed by atoms with Gasteiger partial charge in [0.15, 0.2) is 0 Å². The number of esters is 1. The summed E-state index contributed by atoms with van der Waals surface area (Å²) in [6.07, 6.45) is -0.0697. The highest BCUT2D eigenvalue weighted by Crippen LogP contribution is 2.43. The van der Waals surface area contributed by atoms with Gasteiger partial charge < -0.3 is 14.6 Å². The van der Waals surface area contributed by atoms with Crippen LogP contribution in [-0.2, 0) is 14.3 Å². The molecule has 3 aromatic rings. The monoisotopic (exact) mass is 519 g/mol. The number of hydrogen-bond acceptors (Lipinski definition) is 7. The van der Waals surface area contributed by atoms with Crippen molar-refractivity contribution in [2.24, 2.45) is 5.92 Å². The minimum atomic E-state index is -0.826. The number of thiophene rings is 1. The van der Waals surface area contributed by atoms with Gasteiger partial charge in [0.2, 0.25) is 0 Å². The summed E-state index contributed by atoms with van der Waals surface area (Å²) >= 11 is 1.38. The zero-order chi connectivity index (χ0) is 26.7. The third kappa shape index (κ3) is 5.59. The number of rotatable bonds is 8. The fourth-order valence-electron chi connectivity index (χ4n) is 4.04. The van der Waals surface area contributed by atoms with Crippen LogP contribution < -0.4 is 9.64 Å². The number of carbonyl (C=O) groups excluding carboxylic acids is 3. The van der Waals surface area contributed by atoms with Crippen LogP contribution in [0.3, 0.4) is 0 Å². The van der Waals surface area contributed by atoms with Crippen LogP contribution in [-0.4, -0.2) is 35.5 Å². The van der Waals surface area contributed by atoms with Crippen LogP contribution in [0.5, 0.6) is 5.75 Å². The molecule has 1 aromatic heterocycles. The number of amides is 1. The molecule has 7 nitrogen and oxygen atoms in total. The zero-order valence-electron chi connectivity index (χ0n) is 21.1. The van der Waals surface area contributed by atoms with Gasteiger partial charge in [0.1, 0.15) is 17.6 Å². The molecule has 0 aliphatic carbocycles. The van der Waals surface area contributed by atoms with Crippen molar-refractivity contribution in [3.63, 3.8) is 0 Å². The summed E-state index contributed by atoms with van der Waals surface area (Å²) in [4.78, 5) is 41.0. The minimum Gasteiger partial charge on any atom is -0.507 e. The summed E-state index contributed by atoms with van der Waals surface area (Å²) in [5.74, 6) is -1.53. The Balaban J connectivity index is 1.74. The Morgan fingerprint density at radius 2 is 1.73 bits per heavy atom.